The highest BCUT2D eigenvalue weighted by Gasteiger charge is 2.38. The molecule has 0 bridgehead atoms. The Morgan fingerprint density at radius 2 is 2.20 bits per heavy atom. The first-order valence-corrected chi connectivity index (χ1v) is 6.71. The molecule has 0 radical (unpaired) electrons. The second-order valence-corrected chi connectivity index (χ2v) is 4.92. The van der Waals surface area contributed by atoms with Crippen molar-refractivity contribution in [2.75, 3.05) is 12.0 Å². The molecule has 0 rings (SSSR count). The summed E-state index contributed by atoms with van der Waals surface area (Å²) in [5, 5.41) is 0. The molecule has 4 N–H and O–H groups in total. The van der Waals surface area contributed by atoms with E-state index in [4.69, 9.17) is 15.5 Å². The summed E-state index contributed by atoms with van der Waals surface area (Å²) in [7, 11) is -4.96. The SMILES string of the molecule is CSCCC(N)(C=O)C(=O)OP(=O)(O)O. The van der Waals surface area contributed by atoms with Gasteiger partial charge in [0.1, 0.15) is 0 Å². The summed E-state index contributed by atoms with van der Waals surface area (Å²) < 4.78 is 14.1. The van der Waals surface area contributed by atoms with Crippen LogP contribution in [-0.2, 0) is 18.7 Å². The van der Waals surface area contributed by atoms with Crippen LogP contribution in [0.2, 0.25) is 0 Å². The van der Waals surface area contributed by atoms with Crippen molar-refractivity contribution < 1.29 is 28.5 Å². The van der Waals surface area contributed by atoms with Gasteiger partial charge in [-0.1, -0.05) is 0 Å². The van der Waals surface area contributed by atoms with E-state index in [0.717, 1.165) is 0 Å². The minimum Gasteiger partial charge on any atom is -0.369 e. The number of aldehydes is 1. The van der Waals surface area contributed by atoms with Gasteiger partial charge in [0.2, 0.25) is 0 Å². The van der Waals surface area contributed by atoms with E-state index >= 15 is 0 Å². The largest absolute Gasteiger partial charge is 0.527 e. The topological polar surface area (TPSA) is 127 Å². The molecular weight excluding hydrogens is 245 g/mol. The molecule has 9 heteroatoms. The normalized spacial score (nSPS) is 15.5. The van der Waals surface area contributed by atoms with Crippen molar-refractivity contribution >= 4 is 31.8 Å². The van der Waals surface area contributed by atoms with Gasteiger partial charge in [-0.2, -0.15) is 11.8 Å². The first kappa shape index (κ1) is 14.6. The van der Waals surface area contributed by atoms with E-state index in [-0.39, 0.29) is 12.7 Å². The fourth-order valence-electron chi connectivity index (χ4n) is 0.673. The zero-order chi connectivity index (χ0) is 12.1. The third kappa shape index (κ3) is 5.29. The van der Waals surface area contributed by atoms with Crippen LogP contribution in [-0.4, -0.2) is 39.6 Å². The highest BCUT2D eigenvalue weighted by molar-refractivity contribution is 7.98. The van der Waals surface area contributed by atoms with Crippen LogP contribution in [0.3, 0.4) is 0 Å². The van der Waals surface area contributed by atoms with Gasteiger partial charge in [-0.05, 0) is 18.4 Å². The first-order chi connectivity index (χ1) is 6.75. The van der Waals surface area contributed by atoms with Crippen LogP contribution in [0, 0.1) is 0 Å². The number of nitrogens with two attached hydrogens (primary N) is 1. The Hall–Kier alpha value is -0.400. The lowest BCUT2D eigenvalue weighted by atomic mass is 10.0. The Morgan fingerprint density at radius 1 is 1.67 bits per heavy atom. The summed E-state index contributed by atoms with van der Waals surface area (Å²) in [6.07, 6.45) is 1.82. The molecule has 0 aromatic heterocycles. The van der Waals surface area contributed by atoms with Crippen molar-refractivity contribution in [3.63, 3.8) is 0 Å². The van der Waals surface area contributed by atoms with Crippen molar-refractivity contribution in [3.8, 4) is 0 Å². The summed E-state index contributed by atoms with van der Waals surface area (Å²) >= 11 is 1.34. The first-order valence-electron chi connectivity index (χ1n) is 3.79. The van der Waals surface area contributed by atoms with Gasteiger partial charge >= 0.3 is 13.8 Å². The van der Waals surface area contributed by atoms with E-state index in [9.17, 15) is 14.2 Å². The molecular formula is C6H12NO6PS. The van der Waals surface area contributed by atoms with Crippen molar-refractivity contribution in [1.82, 2.24) is 0 Å². The molecule has 0 saturated heterocycles. The number of hydrogen-bond donors (Lipinski definition) is 3. The van der Waals surface area contributed by atoms with E-state index in [1.165, 1.54) is 11.8 Å². The van der Waals surface area contributed by atoms with Gasteiger partial charge in [-0.3, -0.25) is 9.79 Å². The second kappa shape index (κ2) is 5.62. The summed E-state index contributed by atoms with van der Waals surface area (Å²) in [4.78, 5) is 38.4. The maximum absolute atomic E-state index is 11.1. The zero-order valence-corrected chi connectivity index (χ0v) is 9.66. The van der Waals surface area contributed by atoms with Crippen LogP contribution in [0.1, 0.15) is 6.42 Å². The molecule has 0 aromatic rings. The van der Waals surface area contributed by atoms with Gasteiger partial charge in [0, 0.05) is 0 Å². The number of carbonyl (C=O) groups excluding carboxylic acids is 2. The molecule has 1 atom stereocenters. The second-order valence-electron chi connectivity index (χ2n) is 2.77. The molecule has 0 fully saturated rings. The van der Waals surface area contributed by atoms with Crippen LogP contribution in [0.25, 0.3) is 0 Å². The van der Waals surface area contributed by atoms with Crippen molar-refractivity contribution in [1.29, 1.82) is 0 Å². The molecule has 1 unspecified atom stereocenters. The third-order valence-corrected chi connectivity index (χ3v) is 2.53. The Kier molecular flexibility index (Phi) is 5.47. The summed E-state index contributed by atoms with van der Waals surface area (Å²) in [5.74, 6) is -1.02. The molecule has 0 heterocycles. The monoisotopic (exact) mass is 257 g/mol. The molecule has 0 aromatic carbocycles. The van der Waals surface area contributed by atoms with Crippen LogP contribution < -0.4 is 5.73 Å². The third-order valence-electron chi connectivity index (χ3n) is 1.51. The molecule has 0 aliphatic carbocycles. The lowest BCUT2D eigenvalue weighted by Gasteiger charge is -2.20. The van der Waals surface area contributed by atoms with E-state index in [2.05, 4.69) is 4.52 Å². The maximum atomic E-state index is 11.1. The summed E-state index contributed by atoms with van der Waals surface area (Å²) in [6, 6.07) is 0. The Bertz CT molecular complexity index is 291. The Balaban J connectivity index is 4.58. The smallest absolute Gasteiger partial charge is 0.369 e. The number of rotatable bonds is 6. The number of thioether (sulfide) groups is 1. The van der Waals surface area contributed by atoms with Gasteiger partial charge in [-0.15, -0.1) is 0 Å². The number of hydrogen-bond acceptors (Lipinski definition) is 6. The quantitative estimate of drug-likeness (QED) is 0.323. The van der Waals surface area contributed by atoms with Crippen LogP contribution >= 0.6 is 19.6 Å². The molecule has 7 nitrogen and oxygen atoms in total. The predicted molar refractivity (Wildman–Crippen MR) is 54.1 cm³/mol. The molecule has 0 saturated carbocycles. The average molecular weight is 257 g/mol. The van der Waals surface area contributed by atoms with E-state index < -0.39 is 19.3 Å². The van der Waals surface area contributed by atoms with Crippen LogP contribution in [0.4, 0.5) is 0 Å². The van der Waals surface area contributed by atoms with E-state index in [0.29, 0.717) is 5.75 Å². The van der Waals surface area contributed by atoms with Crippen molar-refractivity contribution in [3.05, 3.63) is 0 Å². The van der Waals surface area contributed by atoms with Crippen LogP contribution in [0.5, 0.6) is 0 Å². The molecule has 88 valence electrons. The highest BCUT2D eigenvalue weighted by atomic mass is 32.2. The minimum atomic E-state index is -4.96. The fourth-order valence-corrected chi connectivity index (χ4v) is 1.60. The van der Waals surface area contributed by atoms with Crippen LogP contribution in [0.15, 0.2) is 0 Å². The highest BCUT2D eigenvalue weighted by Crippen LogP contribution is 2.37. The maximum Gasteiger partial charge on any atom is 0.527 e. The molecule has 0 amide bonds. The number of carbonyl (C=O) groups is 2. The standard InChI is InChI=1S/C6H12NO6PS/c1-15-3-2-6(7,4-8)5(9)13-14(10,11)12/h4H,2-3,7H2,1H3,(H2,10,11,12). The lowest BCUT2D eigenvalue weighted by Crippen LogP contribution is -2.50. The van der Waals surface area contributed by atoms with E-state index in [1.54, 1.807) is 6.26 Å². The number of phosphoric acid groups is 1. The van der Waals surface area contributed by atoms with Crippen molar-refractivity contribution in [2.45, 2.75) is 12.0 Å². The van der Waals surface area contributed by atoms with Gasteiger partial charge in [0.15, 0.2) is 11.8 Å². The zero-order valence-electron chi connectivity index (χ0n) is 7.95. The molecule has 0 aliphatic rings. The van der Waals surface area contributed by atoms with Gasteiger partial charge in [0.25, 0.3) is 0 Å². The summed E-state index contributed by atoms with van der Waals surface area (Å²) in [5.41, 5.74) is 3.34. The fraction of sp³-hybridized carbons (Fsp3) is 0.667. The number of phosphoric ester groups is 1. The average Bonchev–Trinajstić information content (AvgIpc) is 2.11. The van der Waals surface area contributed by atoms with Gasteiger partial charge in [0.05, 0.1) is 0 Å². The summed E-state index contributed by atoms with van der Waals surface area (Å²) in [6.45, 7) is 0. The van der Waals surface area contributed by atoms with E-state index in [1.807, 2.05) is 0 Å². The molecule has 15 heavy (non-hydrogen) atoms. The Morgan fingerprint density at radius 3 is 2.53 bits per heavy atom. The molecule has 0 spiro atoms. The molecule has 0 aliphatic heterocycles. The van der Waals surface area contributed by atoms with Gasteiger partial charge in [-0.25, -0.2) is 9.36 Å². The van der Waals surface area contributed by atoms with Gasteiger partial charge < -0.3 is 15.1 Å². The Labute approximate surface area is 90.6 Å². The predicted octanol–water partition coefficient (Wildman–Crippen LogP) is -0.728. The minimum absolute atomic E-state index is 0.0451. The lowest BCUT2D eigenvalue weighted by molar-refractivity contribution is -0.144. The van der Waals surface area contributed by atoms with Crippen molar-refractivity contribution in [2.24, 2.45) is 5.73 Å².